The fourth-order valence-electron chi connectivity index (χ4n) is 1.30. The molecule has 0 spiro atoms. The lowest BCUT2D eigenvalue weighted by Crippen LogP contribution is -1.94. The fraction of sp³-hybridized carbons (Fsp3) is 0.727. The fourth-order valence-corrected chi connectivity index (χ4v) is 1.30. The zero-order valence-electron chi connectivity index (χ0n) is 8.84. The molecule has 0 amide bonds. The van der Waals surface area contributed by atoms with Crippen LogP contribution in [0.1, 0.15) is 46.5 Å². The normalized spacial score (nSPS) is 12.2. The zero-order valence-corrected chi connectivity index (χ0v) is 8.84. The van der Waals surface area contributed by atoms with Crippen LogP contribution >= 0.6 is 0 Å². The summed E-state index contributed by atoms with van der Waals surface area (Å²) in [5, 5.41) is 8.45. The topological polar surface area (TPSA) is 37.3 Å². The Labute approximate surface area is 80.7 Å². The summed E-state index contributed by atoms with van der Waals surface area (Å²) in [6.45, 7) is 6.48. The molecule has 0 aliphatic carbocycles. The molecule has 2 nitrogen and oxygen atoms in total. The largest absolute Gasteiger partial charge is 0.481 e. The van der Waals surface area contributed by atoms with Gasteiger partial charge >= 0.3 is 5.97 Å². The van der Waals surface area contributed by atoms with Gasteiger partial charge in [-0.15, -0.1) is 0 Å². The molecule has 0 fully saturated rings. The summed E-state index contributed by atoms with van der Waals surface area (Å²) in [6.07, 6.45) is 5.13. The monoisotopic (exact) mass is 184 g/mol. The maximum Gasteiger partial charge on any atom is 0.303 e. The van der Waals surface area contributed by atoms with Gasteiger partial charge in [0.1, 0.15) is 0 Å². The zero-order chi connectivity index (χ0) is 10.3. The molecule has 13 heavy (non-hydrogen) atoms. The summed E-state index contributed by atoms with van der Waals surface area (Å²) in [5.41, 5.74) is 1.39. The van der Waals surface area contributed by atoms with E-state index in [2.05, 4.69) is 26.8 Å². The van der Waals surface area contributed by atoms with Crippen LogP contribution in [0.4, 0.5) is 0 Å². The molecule has 0 aromatic rings. The first-order valence-corrected chi connectivity index (χ1v) is 4.96. The van der Waals surface area contributed by atoms with Crippen molar-refractivity contribution >= 4 is 5.97 Å². The lowest BCUT2D eigenvalue weighted by Gasteiger charge is -2.07. The molecule has 0 saturated carbocycles. The van der Waals surface area contributed by atoms with Gasteiger partial charge in [0.15, 0.2) is 0 Å². The van der Waals surface area contributed by atoms with Gasteiger partial charge < -0.3 is 5.11 Å². The Morgan fingerprint density at radius 3 is 2.46 bits per heavy atom. The second kappa shape index (κ2) is 6.70. The summed E-state index contributed by atoms with van der Waals surface area (Å²) in [7, 11) is 0. The Kier molecular flexibility index (Phi) is 6.29. The maximum absolute atomic E-state index is 10.3. The number of carboxylic acids is 1. The van der Waals surface area contributed by atoms with Gasteiger partial charge in [0.2, 0.25) is 0 Å². The van der Waals surface area contributed by atoms with Crippen molar-refractivity contribution in [1.82, 2.24) is 0 Å². The van der Waals surface area contributed by atoms with Gasteiger partial charge in [-0.2, -0.15) is 0 Å². The highest BCUT2D eigenvalue weighted by atomic mass is 16.4. The lowest BCUT2D eigenvalue weighted by atomic mass is 10.00. The number of allylic oxidation sites excluding steroid dienone is 2. The van der Waals surface area contributed by atoms with Crippen molar-refractivity contribution in [3.63, 3.8) is 0 Å². The number of hydrogen-bond donors (Lipinski definition) is 1. The first kappa shape index (κ1) is 12.2. The standard InChI is InChI=1S/C11H20O2/c1-4-10(8-9(2)3)6-5-7-11(12)13/h6,9H,4-5,7-8H2,1-3H3,(H,12,13)/b10-6-. The lowest BCUT2D eigenvalue weighted by molar-refractivity contribution is -0.136. The molecule has 0 unspecified atom stereocenters. The summed E-state index contributed by atoms with van der Waals surface area (Å²) in [6, 6.07) is 0. The predicted octanol–water partition coefficient (Wildman–Crippen LogP) is 3.23. The predicted molar refractivity (Wildman–Crippen MR) is 54.7 cm³/mol. The van der Waals surface area contributed by atoms with Crippen molar-refractivity contribution in [1.29, 1.82) is 0 Å². The van der Waals surface area contributed by atoms with Gasteiger partial charge in [-0.3, -0.25) is 4.79 Å². The molecule has 2 heteroatoms. The molecule has 0 heterocycles. The summed E-state index contributed by atoms with van der Waals surface area (Å²) < 4.78 is 0. The van der Waals surface area contributed by atoms with Gasteiger partial charge in [-0.1, -0.05) is 32.4 Å². The third kappa shape index (κ3) is 7.57. The van der Waals surface area contributed by atoms with E-state index in [1.54, 1.807) is 0 Å². The van der Waals surface area contributed by atoms with E-state index in [-0.39, 0.29) is 6.42 Å². The summed E-state index contributed by atoms with van der Waals surface area (Å²) >= 11 is 0. The van der Waals surface area contributed by atoms with Gasteiger partial charge in [-0.25, -0.2) is 0 Å². The van der Waals surface area contributed by atoms with E-state index in [4.69, 9.17) is 5.11 Å². The highest BCUT2D eigenvalue weighted by molar-refractivity contribution is 5.66. The highest BCUT2D eigenvalue weighted by Gasteiger charge is 1.99. The minimum absolute atomic E-state index is 0.252. The number of hydrogen-bond acceptors (Lipinski definition) is 1. The Morgan fingerprint density at radius 2 is 2.08 bits per heavy atom. The molecule has 0 rings (SSSR count). The van der Waals surface area contributed by atoms with Crippen molar-refractivity contribution in [2.75, 3.05) is 0 Å². The van der Waals surface area contributed by atoms with Crippen LogP contribution in [0.15, 0.2) is 11.6 Å². The number of aliphatic carboxylic acids is 1. The minimum atomic E-state index is -0.712. The molecule has 0 aliphatic rings. The van der Waals surface area contributed by atoms with Crippen LogP contribution in [0.3, 0.4) is 0 Å². The van der Waals surface area contributed by atoms with E-state index in [0.717, 1.165) is 12.8 Å². The molecule has 1 N–H and O–H groups in total. The van der Waals surface area contributed by atoms with Crippen molar-refractivity contribution < 1.29 is 9.90 Å². The molecule has 0 bridgehead atoms. The Hall–Kier alpha value is -0.790. The average Bonchev–Trinajstić information content (AvgIpc) is 2.01. The molecular formula is C11H20O2. The van der Waals surface area contributed by atoms with Crippen molar-refractivity contribution in [2.24, 2.45) is 5.92 Å². The first-order valence-electron chi connectivity index (χ1n) is 4.96. The van der Waals surface area contributed by atoms with Gasteiger partial charge in [0.05, 0.1) is 0 Å². The van der Waals surface area contributed by atoms with Crippen LogP contribution in [0.2, 0.25) is 0 Å². The van der Waals surface area contributed by atoms with Crippen LogP contribution in [-0.4, -0.2) is 11.1 Å². The quantitative estimate of drug-likeness (QED) is 0.643. The molecule has 0 radical (unpaired) electrons. The van der Waals surface area contributed by atoms with E-state index in [1.165, 1.54) is 5.57 Å². The smallest absolute Gasteiger partial charge is 0.303 e. The third-order valence-electron chi connectivity index (χ3n) is 1.92. The molecule has 0 atom stereocenters. The second-order valence-electron chi connectivity index (χ2n) is 3.75. The number of rotatable bonds is 6. The van der Waals surface area contributed by atoms with Gasteiger partial charge in [0.25, 0.3) is 0 Å². The molecule has 76 valence electrons. The maximum atomic E-state index is 10.3. The Balaban J connectivity index is 3.85. The van der Waals surface area contributed by atoms with E-state index < -0.39 is 5.97 Å². The van der Waals surface area contributed by atoms with E-state index >= 15 is 0 Å². The van der Waals surface area contributed by atoms with Crippen LogP contribution in [0, 0.1) is 5.92 Å². The molecular weight excluding hydrogens is 164 g/mol. The minimum Gasteiger partial charge on any atom is -0.481 e. The van der Waals surface area contributed by atoms with Gasteiger partial charge in [0, 0.05) is 6.42 Å². The molecule has 0 saturated heterocycles. The van der Waals surface area contributed by atoms with Crippen LogP contribution in [0.25, 0.3) is 0 Å². The van der Waals surface area contributed by atoms with Crippen LogP contribution in [-0.2, 0) is 4.79 Å². The number of carboxylic acid groups (broad SMARTS) is 1. The Bertz CT molecular complexity index is 181. The van der Waals surface area contributed by atoms with Gasteiger partial charge in [-0.05, 0) is 25.2 Å². The molecule has 0 aromatic heterocycles. The van der Waals surface area contributed by atoms with Crippen LogP contribution < -0.4 is 0 Å². The summed E-state index contributed by atoms with van der Waals surface area (Å²) in [4.78, 5) is 10.3. The summed E-state index contributed by atoms with van der Waals surface area (Å²) in [5.74, 6) is -0.0488. The third-order valence-corrected chi connectivity index (χ3v) is 1.92. The molecule has 0 aliphatic heterocycles. The van der Waals surface area contributed by atoms with E-state index in [1.807, 2.05) is 0 Å². The van der Waals surface area contributed by atoms with Crippen molar-refractivity contribution in [2.45, 2.75) is 46.5 Å². The van der Waals surface area contributed by atoms with Crippen molar-refractivity contribution in [3.05, 3.63) is 11.6 Å². The highest BCUT2D eigenvalue weighted by Crippen LogP contribution is 2.14. The Morgan fingerprint density at radius 1 is 1.46 bits per heavy atom. The second-order valence-corrected chi connectivity index (χ2v) is 3.75. The average molecular weight is 184 g/mol. The van der Waals surface area contributed by atoms with E-state index in [0.29, 0.717) is 12.3 Å². The number of carbonyl (C=O) groups is 1. The molecule has 0 aromatic carbocycles. The van der Waals surface area contributed by atoms with Crippen molar-refractivity contribution in [3.8, 4) is 0 Å². The van der Waals surface area contributed by atoms with Crippen LogP contribution in [0.5, 0.6) is 0 Å². The first-order chi connectivity index (χ1) is 6.06. The van der Waals surface area contributed by atoms with E-state index in [9.17, 15) is 4.79 Å². The SMILES string of the molecule is CC/C(=C/CCC(=O)O)CC(C)C.